The Hall–Kier alpha value is -1.82. The molecule has 1 aromatic carbocycles. The van der Waals surface area contributed by atoms with Gasteiger partial charge < -0.3 is 19.5 Å². The number of hydrogen-bond donors (Lipinski definition) is 1. The summed E-state index contributed by atoms with van der Waals surface area (Å²) in [7, 11) is 0. The predicted molar refractivity (Wildman–Crippen MR) is 78.3 cm³/mol. The van der Waals surface area contributed by atoms with Crippen molar-refractivity contribution in [2.24, 2.45) is 0 Å². The number of ether oxygens (including phenoxy) is 3. The Bertz CT molecular complexity index is 636. The smallest absolute Gasteiger partial charge is 0.382 e. The highest BCUT2D eigenvalue weighted by Gasteiger charge is 2.43. The number of hydrogen-bond acceptors (Lipinski definition) is 5. The minimum absolute atomic E-state index is 0.127. The van der Waals surface area contributed by atoms with Gasteiger partial charge in [0.15, 0.2) is 5.79 Å². The van der Waals surface area contributed by atoms with E-state index in [1.165, 1.54) is 6.07 Å². The zero-order valence-corrected chi connectivity index (χ0v) is 12.9. The molecule has 3 rings (SSSR count). The van der Waals surface area contributed by atoms with Gasteiger partial charge in [-0.25, -0.2) is 0 Å². The van der Waals surface area contributed by atoms with Crippen LogP contribution in [0.15, 0.2) is 18.2 Å². The molecule has 1 aromatic rings. The molecule has 0 saturated carbocycles. The second kappa shape index (κ2) is 6.59. The summed E-state index contributed by atoms with van der Waals surface area (Å²) in [6, 6.07) is 5.10. The van der Waals surface area contributed by atoms with Crippen molar-refractivity contribution in [3.8, 4) is 6.07 Å². The van der Waals surface area contributed by atoms with E-state index in [2.05, 4.69) is 5.32 Å². The Kier molecular flexibility index (Phi) is 4.67. The molecule has 1 atom stereocenters. The maximum atomic E-state index is 13.1. The minimum Gasteiger partial charge on any atom is -0.382 e. The fourth-order valence-corrected chi connectivity index (χ4v) is 2.89. The normalized spacial score (nSPS) is 23.2. The number of nitrogens with zero attached hydrogens (tertiary/aromatic N) is 1. The fraction of sp³-hybridized carbons (Fsp3) is 0.562. The predicted octanol–water partition coefficient (Wildman–Crippen LogP) is 2.91. The number of alkyl halides is 3. The number of halogens is 3. The van der Waals surface area contributed by atoms with Crippen LogP contribution in [-0.4, -0.2) is 38.3 Å². The summed E-state index contributed by atoms with van der Waals surface area (Å²) >= 11 is 0. The van der Waals surface area contributed by atoms with Crippen LogP contribution in [0.25, 0.3) is 0 Å². The first-order valence-electron chi connectivity index (χ1n) is 7.67. The van der Waals surface area contributed by atoms with Gasteiger partial charge in [0.05, 0.1) is 37.0 Å². The number of rotatable bonds is 3. The molecular formula is C16H17F3N2O3. The first-order chi connectivity index (χ1) is 11.4. The summed E-state index contributed by atoms with van der Waals surface area (Å²) in [6.45, 7) is 1.57. The van der Waals surface area contributed by atoms with Crippen molar-refractivity contribution in [2.45, 2.75) is 30.9 Å². The van der Waals surface area contributed by atoms with Gasteiger partial charge in [-0.15, -0.1) is 0 Å². The van der Waals surface area contributed by atoms with Crippen LogP contribution in [0.3, 0.4) is 0 Å². The summed E-state index contributed by atoms with van der Waals surface area (Å²) in [5.74, 6) is -0.675. The summed E-state index contributed by atoms with van der Waals surface area (Å²) in [5, 5.41) is 11.6. The number of nitriles is 1. The maximum Gasteiger partial charge on any atom is 0.418 e. The van der Waals surface area contributed by atoms with Crippen LogP contribution in [-0.2, 0) is 20.4 Å². The number of anilines is 1. The van der Waals surface area contributed by atoms with Crippen LogP contribution in [0.4, 0.5) is 18.9 Å². The molecule has 0 unspecified atom stereocenters. The lowest BCUT2D eigenvalue weighted by Gasteiger charge is -2.31. The van der Waals surface area contributed by atoms with Crippen molar-refractivity contribution in [1.82, 2.24) is 0 Å². The highest BCUT2D eigenvalue weighted by molar-refractivity contribution is 5.57. The Morgan fingerprint density at radius 3 is 2.71 bits per heavy atom. The Balaban J connectivity index is 1.67. The molecular weight excluding hydrogens is 325 g/mol. The van der Waals surface area contributed by atoms with Gasteiger partial charge in [-0.2, -0.15) is 18.4 Å². The molecule has 2 saturated heterocycles. The highest BCUT2D eigenvalue weighted by Crippen LogP contribution is 2.36. The van der Waals surface area contributed by atoms with Crippen molar-refractivity contribution in [1.29, 1.82) is 5.26 Å². The Morgan fingerprint density at radius 1 is 1.29 bits per heavy atom. The second-order valence-electron chi connectivity index (χ2n) is 5.82. The molecule has 2 fully saturated rings. The average molecular weight is 342 g/mol. The third-order valence-corrected chi connectivity index (χ3v) is 4.14. The molecule has 5 nitrogen and oxygen atoms in total. The molecule has 1 N–H and O–H groups in total. The van der Waals surface area contributed by atoms with E-state index in [-0.39, 0.29) is 23.9 Å². The molecule has 0 radical (unpaired) electrons. The molecule has 8 heteroatoms. The lowest BCUT2D eigenvalue weighted by Crippen LogP contribution is -2.38. The van der Waals surface area contributed by atoms with Crippen LogP contribution in [0.5, 0.6) is 0 Å². The van der Waals surface area contributed by atoms with Crippen molar-refractivity contribution in [3.63, 3.8) is 0 Å². The minimum atomic E-state index is -4.49. The van der Waals surface area contributed by atoms with Gasteiger partial charge in [0, 0.05) is 25.1 Å². The molecule has 2 heterocycles. The summed E-state index contributed by atoms with van der Waals surface area (Å²) < 4.78 is 56.1. The van der Waals surface area contributed by atoms with Crippen LogP contribution in [0.2, 0.25) is 0 Å². The van der Waals surface area contributed by atoms with E-state index in [0.717, 1.165) is 12.1 Å². The van der Waals surface area contributed by atoms with Gasteiger partial charge in [-0.05, 0) is 18.2 Å². The number of nitrogens with one attached hydrogen (secondary N) is 1. The van der Waals surface area contributed by atoms with E-state index in [1.807, 2.05) is 6.07 Å². The van der Waals surface area contributed by atoms with Crippen LogP contribution in [0.1, 0.15) is 24.0 Å². The highest BCUT2D eigenvalue weighted by atomic mass is 19.4. The average Bonchev–Trinajstić information content (AvgIpc) is 2.95. The molecule has 0 bridgehead atoms. The van der Waals surface area contributed by atoms with E-state index in [9.17, 15) is 13.2 Å². The molecule has 0 aromatic heterocycles. The van der Waals surface area contributed by atoms with Gasteiger partial charge in [-0.1, -0.05) is 0 Å². The van der Waals surface area contributed by atoms with Gasteiger partial charge in [0.1, 0.15) is 6.10 Å². The van der Waals surface area contributed by atoms with E-state index >= 15 is 0 Å². The van der Waals surface area contributed by atoms with Crippen LogP contribution in [0, 0.1) is 11.3 Å². The standard InChI is InChI=1S/C16H17F3N2O3/c17-16(18,19)13-2-1-11(8-20)7-14(13)21-9-12-10-23-15(24-12)3-5-22-6-4-15/h1-2,7,12,21H,3-6,9-10H2/t12-/m0/s1. The molecule has 0 aliphatic carbocycles. The Morgan fingerprint density at radius 2 is 2.04 bits per heavy atom. The zero-order chi connectivity index (χ0) is 17.2. The first-order valence-corrected chi connectivity index (χ1v) is 7.67. The first kappa shape index (κ1) is 17.0. The van der Waals surface area contributed by atoms with Crippen molar-refractivity contribution in [3.05, 3.63) is 29.3 Å². The van der Waals surface area contributed by atoms with E-state index in [0.29, 0.717) is 32.7 Å². The molecule has 130 valence electrons. The van der Waals surface area contributed by atoms with Gasteiger partial charge >= 0.3 is 6.18 Å². The van der Waals surface area contributed by atoms with Gasteiger partial charge in [0.25, 0.3) is 0 Å². The zero-order valence-electron chi connectivity index (χ0n) is 12.9. The molecule has 24 heavy (non-hydrogen) atoms. The molecule has 2 aliphatic rings. The van der Waals surface area contributed by atoms with E-state index in [1.54, 1.807) is 0 Å². The Labute approximate surface area is 137 Å². The van der Waals surface area contributed by atoms with Crippen molar-refractivity contribution >= 4 is 5.69 Å². The van der Waals surface area contributed by atoms with Crippen LogP contribution >= 0.6 is 0 Å². The van der Waals surface area contributed by atoms with Gasteiger partial charge in [0.2, 0.25) is 0 Å². The third-order valence-electron chi connectivity index (χ3n) is 4.14. The summed E-state index contributed by atoms with van der Waals surface area (Å²) in [5.41, 5.74) is -0.769. The SMILES string of the molecule is N#Cc1ccc(C(F)(F)F)c(NC[C@H]2COC3(CCOCC3)O2)c1. The third kappa shape index (κ3) is 3.64. The van der Waals surface area contributed by atoms with Crippen molar-refractivity contribution in [2.75, 3.05) is 31.7 Å². The lowest BCUT2D eigenvalue weighted by atomic mass is 10.1. The van der Waals surface area contributed by atoms with Crippen molar-refractivity contribution < 1.29 is 27.4 Å². The van der Waals surface area contributed by atoms with E-state index in [4.69, 9.17) is 19.5 Å². The summed E-state index contributed by atoms with van der Waals surface area (Å²) in [6.07, 6.45) is -3.62. The second-order valence-corrected chi connectivity index (χ2v) is 5.82. The summed E-state index contributed by atoms with van der Waals surface area (Å²) in [4.78, 5) is 0. The molecule has 1 spiro atoms. The quantitative estimate of drug-likeness (QED) is 0.915. The lowest BCUT2D eigenvalue weighted by molar-refractivity contribution is -0.209. The van der Waals surface area contributed by atoms with E-state index < -0.39 is 17.5 Å². The monoisotopic (exact) mass is 342 g/mol. The fourth-order valence-electron chi connectivity index (χ4n) is 2.89. The van der Waals surface area contributed by atoms with Gasteiger partial charge in [-0.3, -0.25) is 0 Å². The molecule has 0 amide bonds. The largest absolute Gasteiger partial charge is 0.418 e. The topological polar surface area (TPSA) is 63.5 Å². The molecule has 2 aliphatic heterocycles. The van der Waals surface area contributed by atoms with Crippen LogP contribution < -0.4 is 5.32 Å². The maximum absolute atomic E-state index is 13.1. The number of benzene rings is 1.